The monoisotopic (exact) mass is 425 g/mol. The Morgan fingerprint density at radius 3 is 2.39 bits per heavy atom. The van der Waals surface area contributed by atoms with Crippen LogP contribution >= 0.6 is 0 Å². The van der Waals surface area contributed by atoms with Gasteiger partial charge in [0.15, 0.2) is 0 Å². The highest BCUT2D eigenvalue weighted by atomic mass is 16.4. The van der Waals surface area contributed by atoms with E-state index in [0.29, 0.717) is 18.0 Å². The highest BCUT2D eigenvalue weighted by Gasteiger charge is 2.34. The van der Waals surface area contributed by atoms with Crippen LogP contribution in [0.5, 0.6) is 0 Å². The summed E-state index contributed by atoms with van der Waals surface area (Å²) in [7, 11) is -1.72. The molecule has 1 fully saturated rings. The lowest BCUT2D eigenvalue weighted by Crippen LogP contribution is -2.57. The van der Waals surface area contributed by atoms with E-state index in [0.717, 1.165) is 24.8 Å². The predicted octanol–water partition coefficient (Wildman–Crippen LogP) is 0.915. The molecule has 3 rings (SSSR count). The summed E-state index contributed by atoms with van der Waals surface area (Å²) in [5, 5.41) is 34.4. The molecule has 8 nitrogen and oxygen atoms in total. The highest BCUT2D eigenvalue weighted by molar-refractivity contribution is 6.43. The zero-order chi connectivity index (χ0) is 22.4. The average Bonchev–Trinajstić information content (AvgIpc) is 2.73. The Hall–Kier alpha value is -2.75. The van der Waals surface area contributed by atoms with Crippen molar-refractivity contribution in [3.8, 4) is 11.3 Å². The minimum absolute atomic E-state index is 0.105. The molecule has 31 heavy (non-hydrogen) atoms. The topological polar surface area (TPSA) is 132 Å². The second-order valence-electron chi connectivity index (χ2n) is 8.03. The number of carbonyl (C=O) groups is 2. The molecule has 2 amide bonds. The lowest BCUT2D eigenvalue weighted by Gasteiger charge is -2.31. The number of aliphatic hydroxyl groups is 1. The number of hydrogen-bond donors (Lipinski definition) is 5. The van der Waals surface area contributed by atoms with E-state index in [1.54, 1.807) is 12.1 Å². The standard InChI is InChI=1S/C22H28BN3O5/c1-14(27)20(22(29)25-19(23(30)31)13-15-7-5-8-15)26-21(28)18-12-6-11-17(24-18)16-9-3-2-4-10-16/h2-4,6,9-12,14-15,19-20,27,30-31H,5,7-8,13H2,1H3,(H,25,29)(H,26,28). The molecule has 3 unspecified atom stereocenters. The number of benzene rings is 1. The van der Waals surface area contributed by atoms with Crippen LogP contribution in [0.3, 0.4) is 0 Å². The maximum atomic E-state index is 12.7. The van der Waals surface area contributed by atoms with Crippen molar-refractivity contribution >= 4 is 18.9 Å². The van der Waals surface area contributed by atoms with Gasteiger partial charge in [-0.3, -0.25) is 9.59 Å². The van der Waals surface area contributed by atoms with E-state index in [-0.39, 0.29) is 5.69 Å². The number of nitrogens with zero attached hydrogens (tertiary/aromatic N) is 1. The van der Waals surface area contributed by atoms with E-state index in [2.05, 4.69) is 15.6 Å². The number of aliphatic hydroxyl groups excluding tert-OH is 1. The van der Waals surface area contributed by atoms with Gasteiger partial charge in [0.05, 0.1) is 17.7 Å². The van der Waals surface area contributed by atoms with Crippen LogP contribution in [0.4, 0.5) is 0 Å². The van der Waals surface area contributed by atoms with Gasteiger partial charge in [0, 0.05) is 5.56 Å². The van der Waals surface area contributed by atoms with Crippen molar-refractivity contribution in [2.75, 3.05) is 0 Å². The van der Waals surface area contributed by atoms with Gasteiger partial charge in [-0.2, -0.15) is 0 Å². The van der Waals surface area contributed by atoms with Crippen LogP contribution in [0.15, 0.2) is 48.5 Å². The van der Waals surface area contributed by atoms with Crippen LogP contribution in [-0.4, -0.2) is 57.2 Å². The van der Waals surface area contributed by atoms with Gasteiger partial charge in [0.25, 0.3) is 5.91 Å². The van der Waals surface area contributed by atoms with E-state index in [1.807, 2.05) is 30.3 Å². The number of aromatic nitrogens is 1. The Balaban J connectivity index is 1.69. The Bertz CT molecular complexity index is 890. The summed E-state index contributed by atoms with van der Waals surface area (Å²) >= 11 is 0. The Kier molecular flexibility index (Phi) is 7.78. The van der Waals surface area contributed by atoms with Gasteiger partial charge in [-0.05, 0) is 31.4 Å². The van der Waals surface area contributed by atoms with E-state index in [9.17, 15) is 24.7 Å². The van der Waals surface area contributed by atoms with E-state index in [4.69, 9.17) is 0 Å². The van der Waals surface area contributed by atoms with Crippen molar-refractivity contribution in [1.82, 2.24) is 15.6 Å². The second-order valence-corrected chi connectivity index (χ2v) is 8.03. The van der Waals surface area contributed by atoms with Crippen molar-refractivity contribution < 1.29 is 24.7 Å². The summed E-state index contributed by atoms with van der Waals surface area (Å²) in [5.41, 5.74) is 1.56. The first-order valence-electron chi connectivity index (χ1n) is 10.5. The van der Waals surface area contributed by atoms with Crippen molar-refractivity contribution in [3.05, 3.63) is 54.2 Å². The number of carbonyl (C=O) groups excluding carboxylic acids is 2. The van der Waals surface area contributed by atoms with Crippen LogP contribution in [0, 0.1) is 5.92 Å². The first kappa shape index (κ1) is 22.9. The molecule has 1 saturated carbocycles. The molecule has 1 heterocycles. The van der Waals surface area contributed by atoms with Crippen LogP contribution in [0.1, 0.15) is 43.1 Å². The molecule has 2 aromatic rings. The first-order chi connectivity index (χ1) is 14.8. The Morgan fingerprint density at radius 1 is 1.10 bits per heavy atom. The van der Waals surface area contributed by atoms with E-state index < -0.39 is 37.0 Å². The van der Waals surface area contributed by atoms with Gasteiger partial charge in [0.2, 0.25) is 5.91 Å². The fraction of sp³-hybridized carbons (Fsp3) is 0.409. The van der Waals surface area contributed by atoms with Crippen molar-refractivity contribution in [2.24, 2.45) is 5.92 Å². The Morgan fingerprint density at radius 2 is 1.81 bits per heavy atom. The minimum atomic E-state index is -1.72. The largest absolute Gasteiger partial charge is 0.475 e. The summed E-state index contributed by atoms with van der Waals surface area (Å²) in [6.07, 6.45) is 2.30. The molecular formula is C22H28BN3O5. The number of rotatable bonds is 9. The number of pyridine rings is 1. The lowest BCUT2D eigenvalue weighted by atomic mass is 9.69. The fourth-order valence-corrected chi connectivity index (χ4v) is 3.57. The fourth-order valence-electron chi connectivity index (χ4n) is 3.57. The second kappa shape index (κ2) is 10.5. The lowest BCUT2D eigenvalue weighted by molar-refractivity contribution is -0.125. The summed E-state index contributed by atoms with van der Waals surface area (Å²) < 4.78 is 0. The molecule has 1 aromatic carbocycles. The number of amides is 2. The van der Waals surface area contributed by atoms with Crippen LogP contribution < -0.4 is 10.6 Å². The SMILES string of the molecule is CC(O)C(NC(=O)c1cccc(-c2ccccc2)n1)C(=O)NC(CC1CCC1)B(O)O. The molecule has 1 aliphatic carbocycles. The molecule has 0 radical (unpaired) electrons. The van der Waals surface area contributed by atoms with Gasteiger partial charge in [-0.15, -0.1) is 0 Å². The van der Waals surface area contributed by atoms with Gasteiger partial charge in [-0.1, -0.05) is 55.7 Å². The quantitative estimate of drug-likeness (QED) is 0.380. The van der Waals surface area contributed by atoms with E-state index >= 15 is 0 Å². The molecule has 1 aromatic heterocycles. The van der Waals surface area contributed by atoms with Gasteiger partial charge in [-0.25, -0.2) is 4.98 Å². The van der Waals surface area contributed by atoms with Gasteiger partial charge < -0.3 is 25.8 Å². The van der Waals surface area contributed by atoms with Crippen molar-refractivity contribution in [2.45, 2.75) is 50.7 Å². The third-order valence-corrected chi connectivity index (χ3v) is 5.60. The molecular weight excluding hydrogens is 397 g/mol. The zero-order valence-corrected chi connectivity index (χ0v) is 17.4. The predicted molar refractivity (Wildman–Crippen MR) is 117 cm³/mol. The summed E-state index contributed by atoms with van der Waals surface area (Å²) in [4.78, 5) is 29.8. The molecule has 0 bridgehead atoms. The van der Waals surface area contributed by atoms with Gasteiger partial charge in [0.1, 0.15) is 11.7 Å². The maximum absolute atomic E-state index is 12.7. The van der Waals surface area contributed by atoms with Crippen molar-refractivity contribution in [1.29, 1.82) is 0 Å². The summed E-state index contributed by atoms with van der Waals surface area (Å²) in [6.45, 7) is 1.38. The summed E-state index contributed by atoms with van der Waals surface area (Å²) in [5.74, 6) is -1.83. The molecule has 3 atom stereocenters. The molecule has 0 aliphatic heterocycles. The number of hydrogen-bond acceptors (Lipinski definition) is 6. The first-order valence-corrected chi connectivity index (χ1v) is 10.5. The molecule has 0 saturated heterocycles. The minimum Gasteiger partial charge on any atom is -0.426 e. The molecule has 9 heteroatoms. The molecule has 5 N–H and O–H groups in total. The van der Waals surface area contributed by atoms with E-state index in [1.165, 1.54) is 13.0 Å². The third kappa shape index (κ3) is 6.13. The highest BCUT2D eigenvalue weighted by Crippen LogP contribution is 2.30. The average molecular weight is 425 g/mol. The molecule has 0 spiro atoms. The van der Waals surface area contributed by atoms with Crippen LogP contribution in [-0.2, 0) is 4.79 Å². The summed E-state index contributed by atoms with van der Waals surface area (Å²) in [6, 6.07) is 13.1. The smallest absolute Gasteiger partial charge is 0.426 e. The normalized spacial score (nSPS) is 16.5. The third-order valence-electron chi connectivity index (χ3n) is 5.60. The van der Waals surface area contributed by atoms with Gasteiger partial charge >= 0.3 is 7.12 Å². The van der Waals surface area contributed by atoms with Crippen molar-refractivity contribution in [3.63, 3.8) is 0 Å². The Labute approximate surface area is 181 Å². The molecule has 164 valence electrons. The number of nitrogens with one attached hydrogen (secondary N) is 2. The molecule has 1 aliphatic rings. The zero-order valence-electron chi connectivity index (χ0n) is 17.4. The maximum Gasteiger partial charge on any atom is 0.475 e. The van der Waals surface area contributed by atoms with Crippen LogP contribution in [0.2, 0.25) is 0 Å². The van der Waals surface area contributed by atoms with Crippen LogP contribution in [0.25, 0.3) is 11.3 Å².